The van der Waals surface area contributed by atoms with Crippen LogP contribution in [0.3, 0.4) is 0 Å². The molecule has 0 spiro atoms. The van der Waals surface area contributed by atoms with E-state index >= 15 is 0 Å². The zero-order valence-electron chi connectivity index (χ0n) is 19.0. The number of aliphatic hydroxyl groups excluding tert-OH is 1. The zero-order chi connectivity index (χ0) is 23.7. The third-order valence-corrected chi connectivity index (χ3v) is 5.95. The first-order valence-electron chi connectivity index (χ1n) is 10.5. The molecule has 3 aromatic rings. The van der Waals surface area contributed by atoms with Crippen LogP contribution >= 0.6 is 0 Å². The van der Waals surface area contributed by atoms with Crippen molar-refractivity contribution in [3.8, 4) is 11.5 Å². The third-order valence-electron chi connectivity index (χ3n) is 5.95. The van der Waals surface area contributed by atoms with Crippen LogP contribution in [0.5, 0.6) is 11.5 Å². The van der Waals surface area contributed by atoms with E-state index in [1.807, 2.05) is 38.1 Å². The number of amides is 1. The predicted molar refractivity (Wildman–Crippen MR) is 127 cm³/mol. The van der Waals surface area contributed by atoms with Gasteiger partial charge in [0.2, 0.25) is 0 Å². The lowest BCUT2D eigenvalue weighted by Gasteiger charge is -2.26. The lowest BCUT2D eigenvalue weighted by Crippen LogP contribution is -2.29. The number of hydrogen-bond donors (Lipinski definition) is 1. The smallest absolute Gasteiger partial charge is 0.300 e. The molecule has 1 N–H and O–H groups in total. The van der Waals surface area contributed by atoms with E-state index in [0.717, 1.165) is 16.7 Å². The number of carbonyl (C=O) groups excluding carboxylic acids is 2. The van der Waals surface area contributed by atoms with Crippen molar-refractivity contribution in [1.82, 2.24) is 0 Å². The van der Waals surface area contributed by atoms with Crippen LogP contribution in [0.25, 0.3) is 5.76 Å². The van der Waals surface area contributed by atoms with Gasteiger partial charge < -0.3 is 14.6 Å². The summed E-state index contributed by atoms with van der Waals surface area (Å²) in [6.07, 6.45) is 0. The number of rotatable bonds is 5. The van der Waals surface area contributed by atoms with Gasteiger partial charge in [-0.3, -0.25) is 14.5 Å². The van der Waals surface area contributed by atoms with Crippen molar-refractivity contribution in [2.75, 3.05) is 19.1 Å². The minimum atomic E-state index is -0.776. The summed E-state index contributed by atoms with van der Waals surface area (Å²) in [7, 11) is 3.13. The Hall–Kier alpha value is -4.06. The van der Waals surface area contributed by atoms with Gasteiger partial charge in [-0.15, -0.1) is 0 Å². The summed E-state index contributed by atoms with van der Waals surface area (Å²) in [6.45, 7) is 3.77. The molecule has 1 heterocycles. The van der Waals surface area contributed by atoms with Crippen LogP contribution in [0.1, 0.15) is 28.3 Å². The Morgan fingerprint density at radius 3 is 2.18 bits per heavy atom. The van der Waals surface area contributed by atoms with Crippen molar-refractivity contribution in [3.05, 3.63) is 94.6 Å². The van der Waals surface area contributed by atoms with Gasteiger partial charge >= 0.3 is 0 Å². The molecule has 0 bridgehead atoms. The van der Waals surface area contributed by atoms with E-state index in [1.54, 1.807) is 56.7 Å². The summed E-state index contributed by atoms with van der Waals surface area (Å²) in [5, 5.41) is 11.3. The number of nitrogens with zero attached hydrogens (tertiary/aromatic N) is 1. The number of aryl methyl sites for hydroxylation is 2. The molecule has 1 unspecified atom stereocenters. The maximum absolute atomic E-state index is 13.3. The van der Waals surface area contributed by atoms with Crippen LogP contribution in [-0.4, -0.2) is 31.0 Å². The SMILES string of the molecule is COc1ccc(N2C(=O)C(=O)/C(=C(/O)c3ccc(OC)c(C)c3)C2c2ccccc2C)cc1. The second-order valence-electron chi connectivity index (χ2n) is 7.91. The first-order valence-corrected chi connectivity index (χ1v) is 10.5. The topological polar surface area (TPSA) is 76.1 Å². The summed E-state index contributed by atoms with van der Waals surface area (Å²) in [5.41, 5.74) is 3.50. The molecule has 0 saturated carbocycles. The zero-order valence-corrected chi connectivity index (χ0v) is 19.0. The van der Waals surface area contributed by atoms with Gasteiger partial charge in [0.25, 0.3) is 11.7 Å². The van der Waals surface area contributed by atoms with Crippen molar-refractivity contribution in [2.45, 2.75) is 19.9 Å². The Morgan fingerprint density at radius 2 is 1.58 bits per heavy atom. The number of hydrogen-bond acceptors (Lipinski definition) is 5. The molecule has 168 valence electrons. The maximum atomic E-state index is 13.3. The standard InChI is InChI=1S/C27H25NO5/c1-16-7-5-6-8-21(16)24-23(25(29)18-9-14-22(33-4)17(2)15-18)26(30)27(31)28(24)19-10-12-20(32-3)13-11-19/h5-15,24,29H,1-4H3/b25-23+. The van der Waals surface area contributed by atoms with Gasteiger partial charge in [0.1, 0.15) is 17.3 Å². The average Bonchev–Trinajstić information content (AvgIpc) is 3.09. The fourth-order valence-electron chi connectivity index (χ4n) is 4.21. The molecule has 6 nitrogen and oxygen atoms in total. The van der Waals surface area contributed by atoms with Gasteiger partial charge in [-0.05, 0) is 73.0 Å². The fourth-order valence-corrected chi connectivity index (χ4v) is 4.21. The average molecular weight is 443 g/mol. The molecular formula is C27H25NO5. The Balaban J connectivity index is 1.94. The predicted octanol–water partition coefficient (Wildman–Crippen LogP) is 4.95. The summed E-state index contributed by atoms with van der Waals surface area (Å²) in [4.78, 5) is 28.0. The van der Waals surface area contributed by atoms with Crippen LogP contribution in [-0.2, 0) is 9.59 Å². The molecule has 6 heteroatoms. The molecule has 4 rings (SSSR count). The van der Waals surface area contributed by atoms with E-state index in [-0.39, 0.29) is 11.3 Å². The molecule has 0 aliphatic carbocycles. The van der Waals surface area contributed by atoms with Crippen LogP contribution in [0, 0.1) is 13.8 Å². The van der Waals surface area contributed by atoms with Gasteiger partial charge in [-0.25, -0.2) is 0 Å². The number of ether oxygens (including phenoxy) is 2. The Labute approximate surface area is 192 Å². The summed E-state index contributed by atoms with van der Waals surface area (Å²) < 4.78 is 10.5. The first-order chi connectivity index (χ1) is 15.9. The van der Waals surface area contributed by atoms with Gasteiger partial charge in [0.05, 0.1) is 25.8 Å². The summed E-state index contributed by atoms with van der Waals surface area (Å²) in [6, 6.07) is 18.8. The van der Waals surface area contributed by atoms with Gasteiger partial charge in [0, 0.05) is 11.3 Å². The quantitative estimate of drug-likeness (QED) is 0.343. The molecule has 0 aromatic heterocycles. The number of aliphatic hydroxyl groups is 1. The molecule has 3 aromatic carbocycles. The second kappa shape index (κ2) is 8.82. The van der Waals surface area contributed by atoms with Crippen LogP contribution in [0.2, 0.25) is 0 Å². The monoisotopic (exact) mass is 443 g/mol. The fraction of sp³-hybridized carbons (Fsp3) is 0.185. The van der Waals surface area contributed by atoms with E-state index in [1.165, 1.54) is 4.90 Å². The van der Waals surface area contributed by atoms with Crippen molar-refractivity contribution in [1.29, 1.82) is 0 Å². The van der Waals surface area contributed by atoms with E-state index in [0.29, 0.717) is 22.7 Å². The van der Waals surface area contributed by atoms with E-state index in [4.69, 9.17) is 9.47 Å². The first kappa shape index (κ1) is 22.1. The highest BCUT2D eigenvalue weighted by Crippen LogP contribution is 2.43. The number of ketones is 1. The number of methoxy groups -OCH3 is 2. The molecular weight excluding hydrogens is 418 g/mol. The molecule has 1 saturated heterocycles. The minimum Gasteiger partial charge on any atom is -0.507 e. The highest BCUT2D eigenvalue weighted by molar-refractivity contribution is 6.51. The Kier molecular flexibility index (Phi) is 5.92. The highest BCUT2D eigenvalue weighted by Gasteiger charge is 2.47. The van der Waals surface area contributed by atoms with E-state index < -0.39 is 17.7 Å². The normalized spacial score (nSPS) is 17.3. The van der Waals surface area contributed by atoms with Gasteiger partial charge in [0.15, 0.2) is 0 Å². The summed E-state index contributed by atoms with van der Waals surface area (Å²) >= 11 is 0. The number of anilines is 1. The van der Waals surface area contributed by atoms with Gasteiger partial charge in [-0.2, -0.15) is 0 Å². The van der Waals surface area contributed by atoms with Crippen molar-refractivity contribution >= 4 is 23.1 Å². The molecule has 1 atom stereocenters. The largest absolute Gasteiger partial charge is 0.507 e. The van der Waals surface area contributed by atoms with Crippen molar-refractivity contribution < 1.29 is 24.2 Å². The number of Topliss-reactive ketones (excluding diaryl/α,β-unsaturated/α-hetero) is 1. The van der Waals surface area contributed by atoms with E-state index in [9.17, 15) is 14.7 Å². The molecule has 1 fully saturated rings. The number of carbonyl (C=O) groups is 2. The van der Waals surface area contributed by atoms with Crippen LogP contribution < -0.4 is 14.4 Å². The second-order valence-corrected chi connectivity index (χ2v) is 7.91. The lowest BCUT2D eigenvalue weighted by molar-refractivity contribution is -0.132. The van der Waals surface area contributed by atoms with Crippen LogP contribution in [0.4, 0.5) is 5.69 Å². The lowest BCUT2D eigenvalue weighted by atomic mass is 9.92. The van der Waals surface area contributed by atoms with E-state index in [2.05, 4.69) is 0 Å². The molecule has 1 aliphatic rings. The maximum Gasteiger partial charge on any atom is 0.300 e. The molecule has 33 heavy (non-hydrogen) atoms. The van der Waals surface area contributed by atoms with Crippen LogP contribution in [0.15, 0.2) is 72.3 Å². The minimum absolute atomic E-state index is 0.0506. The Bertz CT molecular complexity index is 1260. The molecule has 0 radical (unpaired) electrons. The van der Waals surface area contributed by atoms with Crippen molar-refractivity contribution in [3.63, 3.8) is 0 Å². The number of benzene rings is 3. The van der Waals surface area contributed by atoms with Crippen molar-refractivity contribution in [2.24, 2.45) is 0 Å². The van der Waals surface area contributed by atoms with Gasteiger partial charge in [-0.1, -0.05) is 24.3 Å². The Morgan fingerprint density at radius 1 is 0.879 bits per heavy atom. The summed E-state index contributed by atoms with van der Waals surface area (Å²) in [5.74, 6) is -0.342. The third kappa shape index (κ3) is 3.84. The molecule has 1 amide bonds. The highest BCUT2D eigenvalue weighted by atomic mass is 16.5. The molecule has 1 aliphatic heterocycles.